The summed E-state index contributed by atoms with van der Waals surface area (Å²) in [7, 11) is 0. The molecule has 0 aromatic heterocycles. The van der Waals surface area contributed by atoms with E-state index in [2.05, 4.69) is 16.7 Å². The third-order valence-electron chi connectivity index (χ3n) is 3.91. The molecule has 2 rings (SSSR count). The number of aliphatic hydroxyl groups is 1. The molecule has 0 spiro atoms. The van der Waals surface area contributed by atoms with Gasteiger partial charge in [0.05, 0.1) is 19.3 Å². The van der Waals surface area contributed by atoms with Gasteiger partial charge in [-0.15, -0.1) is 0 Å². The minimum Gasteiger partial charge on any atom is -0.389 e. The molecular weight excluding hydrogens is 288 g/mol. The second-order valence-electron chi connectivity index (χ2n) is 5.50. The molecule has 1 aromatic carbocycles. The van der Waals surface area contributed by atoms with Crippen molar-refractivity contribution in [2.75, 3.05) is 45.9 Å². The lowest BCUT2D eigenvalue weighted by molar-refractivity contribution is 0.00179. The molecule has 1 aliphatic rings. The van der Waals surface area contributed by atoms with Gasteiger partial charge in [0, 0.05) is 37.7 Å². The van der Waals surface area contributed by atoms with E-state index in [0.29, 0.717) is 24.8 Å². The van der Waals surface area contributed by atoms with Crippen LogP contribution < -0.4 is 0 Å². The van der Waals surface area contributed by atoms with Crippen molar-refractivity contribution < 1.29 is 9.84 Å². The van der Waals surface area contributed by atoms with E-state index in [0.717, 1.165) is 38.3 Å². The van der Waals surface area contributed by atoms with Crippen molar-refractivity contribution in [3.05, 3.63) is 34.9 Å². The zero-order chi connectivity index (χ0) is 15.1. The first-order chi connectivity index (χ1) is 10.2. The molecule has 1 aromatic rings. The molecule has 1 N–H and O–H groups in total. The summed E-state index contributed by atoms with van der Waals surface area (Å²) in [6.45, 7) is 8.99. The molecule has 5 heteroatoms. The zero-order valence-electron chi connectivity index (χ0n) is 12.7. The number of aliphatic hydroxyl groups excluding tert-OH is 1. The van der Waals surface area contributed by atoms with Gasteiger partial charge in [-0.05, 0) is 18.2 Å². The molecule has 0 aliphatic carbocycles. The maximum atomic E-state index is 10.1. The molecule has 118 valence electrons. The SMILES string of the molecule is CCN1CCN(CC(O)COCc2ccccc2Cl)CC1. The fourth-order valence-corrected chi connectivity index (χ4v) is 2.75. The van der Waals surface area contributed by atoms with Crippen LogP contribution in [0.15, 0.2) is 24.3 Å². The molecule has 1 saturated heterocycles. The summed E-state index contributed by atoms with van der Waals surface area (Å²) in [5.41, 5.74) is 0.961. The van der Waals surface area contributed by atoms with Crippen molar-refractivity contribution in [2.24, 2.45) is 0 Å². The Labute approximate surface area is 132 Å². The van der Waals surface area contributed by atoms with E-state index in [4.69, 9.17) is 16.3 Å². The van der Waals surface area contributed by atoms with Gasteiger partial charge in [-0.25, -0.2) is 0 Å². The summed E-state index contributed by atoms with van der Waals surface area (Å²) >= 11 is 6.07. The highest BCUT2D eigenvalue weighted by atomic mass is 35.5. The number of piperazine rings is 1. The van der Waals surface area contributed by atoms with Gasteiger partial charge in [-0.3, -0.25) is 4.90 Å². The normalized spacial score (nSPS) is 18.8. The molecule has 0 radical (unpaired) electrons. The van der Waals surface area contributed by atoms with E-state index in [9.17, 15) is 5.11 Å². The highest BCUT2D eigenvalue weighted by molar-refractivity contribution is 6.31. The van der Waals surface area contributed by atoms with E-state index in [-0.39, 0.29) is 0 Å². The zero-order valence-corrected chi connectivity index (χ0v) is 13.4. The Balaban J connectivity index is 1.64. The fraction of sp³-hybridized carbons (Fsp3) is 0.625. The summed E-state index contributed by atoms with van der Waals surface area (Å²) in [5.74, 6) is 0. The fourth-order valence-electron chi connectivity index (χ4n) is 2.56. The first kappa shape index (κ1) is 16.7. The molecule has 4 nitrogen and oxygen atoms in total. The number of nitrogens with zero attached hydrogens (tertiary/aromatic N) is 2. The lowest BCUT2D eigenvalue weighted by Crippen LogP contribution is -2.48. The van der Waals surface area contributed by atoms with Crippen LogP contribution in [0.1, 0.15) is 12.5 Å². The maximum absolute atomic E-state index is 10.1. The lowest BCUT2D eigenvalue weighted by Gasteiger charge is -2.34. The Morgan fingerprint density at radius 3 is 2.52 bits per heavy atom. The van der Waals surface area contributed by atoms with Crippen molar-refractivity contribution >= 4 is 11.6 Å². The Morgan fingerprint density at radius 2 is 1.86 bits per heavy atom. The predicted octanol–water partition coefficient (Wildman–Crippen LogP) is 1.85. The quantitative estimate of drug-likeness (QED) is 0.833. The largest absolute Gasteiger partial charge is 0.389 e. The second-order valence-corrected chi connectivity index (χ2v) is 5.90. The Kier molecular flexibility index (Phi) is 6.93. The molecule has 1 atom stereocenters. The number of ether oxygens (including phenoxy) is 1. The van der Waals surface area contributed by atoms with Crippen molar-refractivity contribution in [3.63, 3.8) is 0 Å². The van der Waals surface area contributed by atoms with Gasteiger partial charge in [0.2, 0.25) is 0 Å². The first-order valence-corrected chi connectivity index (χ1v) is 8.00. The maximum Gasteiger partial charge on any atom is 0.0900 e. The highest BCUT2D eigenvalue weighted by Gasteiger charge is 2.18. The summed E-state index contributed by atoms with van der Waals surface area (Å²) in [6, 6.07) is 7.63. The Morgan fingerprint density at radius 1 is 1.19 bits per heavy atom. The summed E-state index contributed by atoms with van der Waals surface area (Å²) in [4.78, 5) is 4.73. The number of hydrogen-bond donors (Lipinski definition) is 1. The van der Waals surface area contributed by atoms with E-state index in [1.54, 1.807) is 0 Å². The highest BCUT2D eigenvalue weighted by Crippen LogP contribution is 2.15. The van der Waals surface area contributed by atoms with Crippen molar-refractivity contribution in [3.8, 4) is 0 Å². The summed E-state index contributed by atoms with van der Waals surface area (Å²) in [5, 5.41) is 10.8. The Bertz CT molecular complexity index is 422. The molecule has 1 unspecified atom stereocenters. The predicted molar refractivity (Wildman–Crippen MR) is 85.7 cm³/mol. The average Bonchev–Trinajstić information content (AvgIpc) is 2.50. The molecular formula is C16H25ClN2O2. The van der Waals surface area contributed by atoms with Crippen molar-refractivity contribution in [2.45, 2.75) is 19.6 Å². The monoisotopic (exact) mass is 312 g/mol. The van der Waals surface area contributed by atoms with E-state index in [1.807, 2.05) is 24.3 Å². The molecule has 1 aliphatic heterocycles. The van der Waals surface area contributed by atoms with Gasteiger partial charge in [0.15, 0.2) is 0 Å². The van der Waals surface area contributed by atoms with Gasteiger partial charge in [0.1, 0.15) is 0 Å². The first-order valence-electron chi connectivity index (χ1n) is 7.63. The van der Waals surface area contributed by atoms with Crippen LogP contribution in [-0.2, 0) is 11.3 Å². The number of halogens is 1. The van der Waals surface area contributed by atoms with Gasteiger partial charge in [-0.1, -0.05) is 36.7 Å². The van der Waals surface area contributed by atoms with Crippen LogP contribution in [-0.4, -0.2) is 66.9 Å². The van der Waals surface area contributed by atoms with E-state index < -0.39 is 6.10 Å². The Hall–Kier alpha value is -0.650. The second kappa shape index (κ2) is 8.71. The minimum atomic E-state index is -0.444. The van der Waals surface area contributed by atoms with Crippen LogP contribution in [0.2, 0.25) is 5.02 Å². The van der Waals surface area contributed by atoms with Gasteiger partial charge in [0.25, 0.3) is 0 Å². The third kappa shape index (κ3) is 5.57. The van der Waals surface area contributed by atoms with Crippen molar-refractivity contribution in [1.82, 2.24) is 9.80 Å². The third-order valence-corrected chi connectivity index (χ3v) is 4.28. The van der Waals surface area contributed by atoms with Crippen molar-refractivity contribution in [1.29, 1.82) is 0 Å². The van der Waals surface area contributed by atoms with Crippen LogP contribution in [0.4, 0.5) is 0 Å². The lowest BCUT2D eigenvalue weighted by atomic mass is 10.2. The molecule has 0 bridgehead atoms. The molecule has 1 heterocycles. The summed E-state index contributed by atoms with van der Waals surface area (Å²) < 4.78 is 5.57. The smallest absolute Gasteiger partial charge is 0.0900 e. The van der Waals surface area contributed by atoms with E-state index >= 15 is 0 Å². The van der Waals surface area contributed by atoms with Crippen LogP contribution >= 0.6 is 11.6 Å². The number of rotatable bonds is 7. The number of β-amino-alcohol motifs (C(OH)–C–C–N with tert-alkyl or cyclic N) is 1. The van der Waals surface area contributed by atoms with Gasteiger partial charge >= 0.3 is 0 Å². The van der Waals surface area contributed by atoms with Crippen LogP contribution in [0, 0.1) is 0 Å². The summed E-state index contributed by atoms with van der Waals surface area (Å²) in [6.07, 6.45) is -0.444. The minimum absolute atomic E-state index is 0.346. The topological polar surface area (TPSA) is 35.9 Å². The van der Waals surface area contributed by atoms with Crippen LogP contribution in [0.3, 0.4) is 0 Å². The molecule has 0 amide bonds. The molecule has 1 fully saturated rings. The number of hydrogen-bond acceptors (Lipinski definition) is 4. The van der Waals surface area contributed by atoms with E-state index in [1.165, 1.54) is 0 Å². The molecule has 0 saturated carbocycles. The standard InChI is InChI=1S/C16H25ClN2O2/c1-2-18-7-9-19(10-8-18)11-15(20)13-21-12-14-5-3-4-6-16(14)17/h3-6,15,20H,2,7-13H2,1H3. The van der Waals surface area contributed by atoms with Crippen LogP contribution in [0.25, 0.3) is 0 Å². The molecule has 21 heavy (non-hydrogen) atoms. The van der Waals surface area contributed by atoms with Gasteiger partial charge in [-0.2, -0.15) is 0 Å². The van der Waals surface area contributed by atoms with Gasteiger partial charge < -0.3 is 14.7 Å². The number of benzene rings is 1. The van der Waals surface area contributed by atoms with Crippen LogP contribution in [0.5, 0.6) is 0 Å². The average molecular weight is 313 g/mol. The number of likely N-dealkylation sites (N-methyl/N-ethyl adjacent to an activating group) is 1.